The summed E-state index contributed by atoms with van der Waals surface area (Å²) in [6.45, 7) is 6.86. The first-order chi connectivity index (χ1) is 9.06. The second-order valence-corrected chi connectivity index (χ2v) is 5.41. The quantitative estimate of drug-likeness (QED) is 0.758. The average molecular weight is 261 g/mol. The van der Waals surface area contributed by atoms with Gasteiger partial charge in [-0.15, -0.1) is 0 Å². The van der Waals surface area contributed by atoms with Crippen LogP contribution < -0.4 is 0 Å². The third kappa shape index (κ3) is 2.66. The van der Waals surface area contributed by atoms with Crippen molar-refractivity contribution in [2.24, 2.45) is 0 Å². The summed E-state index contributed by atoms with van der Waals surface area (Å²) in [4.78, 5) is 12.5. The van der Waals surface area contributed by atoms with Gasteiger partial charge < -0.3 is 9.30 Å². The van der Waals surface area contributed by atoms with Crippen molar-refractivity contribution in [1.82, 2.24) is 4.57 Å². The van der Waals surface area contributed by atoms with Gasteiger partial charge in [0, 0.05) is 24.1 Å². The highest BCUT2D eigenvalue weighted by Crippen LogP contribution is 2.27. The highest BCUT2D eigenvalue weighted by atomic mass is 16.5. The second kappa shape index (κ2) is 5.74. The van der Waals surface area contributed by atoms with E-state index >= 15 is 0 Å². The molecule has 1 atom stereocenters. The molecule has 1 aliphatic rings. The van der Waals surface area contributed by atoms with Crippen molar-refractivity contribution in [3.63, 3.8) is 0 Å². The molecule has 0 saturated carbocycles. The Labute approximate surface area is 115 Å². The van der Waals surface area contributed by atoms with Crippen molar-refractivity contribution < 1.29 is 9.53 Å². The number of aromatic nitrogens is 1. The summed E-state index contributed by atoms with van der Waals surface area (Å²) in [5.74, 6) is 0.210. The lowest BCUT2D eigenvalue weighted by Gasteiger charge is -2.17. The second-order valence-electron chi connectivity index (χ2n) is 5.41. The van der Waals surface area contributed by atoms with Crippen LogP contribution in [0.15, 0.2) is 17.7 Å². The average Bonchev–Trinajstić information content (AvgIpc) is 2.97. The Balaban J connectivity index is 2.33. The Hall–Kier alpha value is -1.35. The van der Waals surface area contributed by atoms with Crippen molar-refractivity contribution in [3.8, 4) is 0 Å². The van der Waals surface area contributed by atoms with E-state index in [9.17, 15) is 4.79 Å². The molecule has 3 nitrogen and oxygen atoms in total. The Morgan fingerprint density at radius 1 is 1.47 bits per heavy atom. The maximum Gasteiger partial charge on any atom is 0.190 e. The Morgan fingerprint density at radius 3 is 2.79 bits per heavy atom. The van der Waals surface area contributed by atoms with E-state index in [-0.39, 0.29) is 11.8 Å². The maximum absolute atomic E-state index is 12.5. The van der Waals surface area contributed by atoms with Crippen LogP contribution in [-0.4, -0.2) is 24.1 Å². The monoisotopic (exact) mass is 261 g/mol. The van der Waals surface area contributed by atoms with Crippen LogP contribution >= 0.6 is 0 Å². The topological polar surface area (TPSA) is 31.2 Å². The highest BCUT2D eigenvalue weighted by molar-refractivity contribution is 6.09. The number of Topliss-reactive ketones (excluding diaryl/α,β-unsaturated/α-hetero) is 1. The highest BCUT2D eigenvalue weighted by Gasteiger charge is 2.22. The molecule has 0 bridgehead atoms. The molecule has 0 N–H and O–H groups in total. The zero-order valence-corrected chi connectivity index (χ0v) is 12.3. The molecule has 19 heavy (non-hydrogen) atoms. The molecule has 1 heterocycles. The van der Waals surface area contributed by atoms with Gasteiger partial charge in [0.2, 0.25) is 0 Å². The van der Waals surface area contributed by atoms with Crippen molar-refractivity contribution in [2.75, 3.05) is 13.7 Å². The molecule has 0 spiro atoms. The fraction of sp³-hybridized carbons (Fsp3) is 0.562. The first-order valence-corrected chi connectivity index (χ1v) is 6.97. The van der Waals surface area contributed by atoms with E-state index in [4.69, 9.17) is 4.74 Å². The molecule has 0 saturated heterocycles. The van der Waals surface area contributed by atoms with Crippen LogP contribution in [0.5, 0.6) is 0 Å². The number of methoxy groups -OCH3 is 1. The molecule has 2 rings (SSSR count). The van der Waals surface area contributed by atoms with Gasteiger partial charge in [-0.3, -0.25) is 4.79 Å². The van der Waals surface area contributed by atoms with Crippen LogP contribution in [0.25, 0.3) is 0 Å². The van der Waals surface area contributed by atoms with Crippen LogP contribution in [-0.2, 0) is 4.74 Å². The fourth-order valence-electron chi connectivity index (χ4n) is 3.05. The van der Waals surface area contributed by atoms with Gasteiger partial charge in [-0.25, -0.2) is 0 Å². The molecule has 1 unspecified atom stereocenters. The van der Waals surface area contributed by atoms with Gasteiger partial charge in [0.15, 0.2) is 5.78 Å². The number of rotatable bonds is 5. The zero-order valence-electron chi connectivity index (χ0n) is 12.3. The molecule has 1 aromatic heterocycles. The lowest BCUT2D eigenvalue weighted by molar-refractivity contribution is 0.103. The minimum absolute atomic E-state index is 0.210. The van der Waals surface area contributed by atoms with E-state index in [1.807, 2.05) is 13.0 Å². The third-order valence-corrected chi connectivity index (χ3v) is 3.91. The summed E-state index contributed by atoms with van der Waals surface area (Å²) in [6, 6.07) is 2.27. The predicted molar refractivity (Wildman–Crippen MR) is 76.8 cm³/mol. The van der Waals surface area contributed by atoms with Gasteiger partial charge >= 0.3 is 0 Å². The number of carbonyl (C=O) groups excluding carboxylic acids is 1. The molecule has 1 aliphatic carbocycles. The van der Waals surface area contributed by atoms with Crippen molar-refractivity contribution in [3.05, 3.63) is 34.7 Å². The molecule has 1 aromatic rings. The fourth-order valence-corrected chi connectivity index (χ4v) is 3.05. The summed E-state index contributed by atoms with van der Waals surface area (Å²) in [6.07, 6.45) is 5.17. The minimum atomic E-state index is 0.210. The lowest BCUT2D eigenvalue weighted by Crippen LogP contribution is -2.14. The van der Waals surface area contributed by atoms with Gasteiger partial charge in [-0.2, -0.15) is 0 Å². The van der Waals surface area contributed by atoms with E-state index in [0.29, 0.717) is 6.61 Å². The van der Waals surface area contributed by atoms with E-state index in [2.05, 4.69) is 24.5 Å². The number of ketones is 1. The van der Waals surface area contributed by atoms with E-state index < -0.39 is 0 Å². The molecule has 0 amide bonds. The zero-order chi connectivity index (χ0) is 14.0. The summed E-state index contributed by atoms with van der Waals surface area (Å²) < 4.78 is 7.42. The smallest absolute Gasteiger partial charge is 0.190 e. The van der Waals surface area contributed by atoms with Crippen LogP contribution in [0.2, 0.25) is 0 Å². The summed E-state index contributed by atoms with van der Waals surface area (Å²) in [5.41, 5.74) is 4.03. The summed E-state index contributed by atoms with van der Waals surface area (Å²) >= 11 is 0. The minimum Gasteiger partial charge on any atom is -0.383 e. The molecular weight excluding hydrogens is 238 g/mol. The lowest BCUT2D eigenvalue weighted by atomic mass is 10.0. The molecular formula is C16H23NO2. The third-order valence-electron chi connectivity index (χ3n) is 3.91. The molecule has 0 aromatic carbocycles. The number of hydrogen-bond donors (Lipinski definition) is 0. The SMILES string of the molecule is COCC(C)n1c(C)cc(C(=O)C2=CCCC2)c1C. The van der Waals surface area contributed by atoms with Gasteiger partial charge in [0.1, 0.15) is 0 Å². The predicted octanol–water partition coefficient (Wildman–Crippen LogP) is 3.61. The molecule has 104 valence electrons. The van der Waals surface area contributed by atoms with Crippen LogP contribution in [0.3, 0.4) is 0 Å². The number of ether oxygens (including phenoxy) is 1. The Morgan fingerprint density at radius 2 is 2.21 bits per heavy atom. The van der Waals surface area contributed by atoms with Crippen molar-refractivity contribution in [1.29, 1.82) is 0 Å². The van der Waals surface area contributed by atoms with Crippen molar-refractivity contribution >= 4 is 5.78 Å². The largest absolute Gasteiger partial charge is 0.383 e. The summed E-state index contributed by atoms with van der Waals surface area (Å²) in [7, 11) is 1.71. The number of aryl methyl sites for hydroxylation is 1. The standard InChI is InChI=1S/C16H23NO2/c1-11-9-15(16(18)14-7-5-6-8-14)13(3)17(11)12(2)10-19-4/h7,9,12H,5-6,8,10H2,1-4H3. The van der Waals surface area contributed by atoms with Gasteiger partial charge in [-0.1, -0.05) is 6.08 Å². The Kier molecular flexibility index (Phi) is 4.25. The number of carbonyl (C=O) groups is 1. The molecule has 0 radical (unpaired) electrons. The first kappa shape index (κ1) is 14.1. The number of hydrogen-bond acceptors (Lipinski definition) is 2. The van der Waals surface area contributed by atoms with Crippen LogP contribution in [0, 0.1) is 13.8 Å². The summed E-state index contributed by atoms with van der Waals surface area (Å²) in [5, 5.41) is 0. The van der Waals surface area contributed by atoms with Gasteiger partial charge in [0.25, 0.3) is 0 Å². The van der Waals surface area contributed by atoms with Gasteiger partial charge in [0.05, 0.1) is 12.6 Å². The molecule has 3 heteroatoms. The Bertz CT molecular complexity index is 511. The normalized spacial score (nSPS) is 16.5. The first-order valence-electron chi connectivity index (χ1n) is 6.97. The molecule has 0 aliphatic heterocycles. The van der Waals surface area contributed by atoms with Crippen LogP contribution in [0.4, 0.5) is 0 Å². The molecule has 0 fully saturated rings. The van der Waals surface area contributed by atoms with Gasteiger partial charge in [-0.05, 0) is 51.7 Å². The van der Waals surface area contributed by atoms with Crippen molar-refractivity contribution in [2.45, 2.75) is 46.1 Å². The van der Waals surface area contributed by atoms with E-state index in [1.54, 1.807) is 7.11 Å². The van der Waals surface area contributed by atoms with E-state index in [1.165, 1.54) is 0 Å². The number of nitrogens with zero attached hydrogens (tertiary/aromatic N) is 1. The van der Waals surface area contributed by atoms with E-state index in [0.717, 1.165) is 41.8 Å². The maximum atomic E-state index is 12.5. The van der Waals surface area contributed by atoms with Crippen LogP contribution in [0.1, 0.15) is 54.0 Å². The number of allylic oxidation sites excluding steroid dienone is 2.